The van der Waals surface area contributed by atoms with E-state index in [1.54, 1.807) is 12.0 Å². The van der Waals surface area contributed by atoms with Crippen LogP contribution in [0.25, 0.3) is 0 Å². The van der Waals surface area contributed by atoms with Gasteiger partial charge in [0.05, 0.1) is 13.7 Å². The Bertz CT molecular complexity index is 675. The smallest absolute Gasteiger partial charge is 0.415 e. The third-order valence-electron chi connectivity index (χ3n) is 3.25. The predicted molar refractivity (Wildman–Crippen MR) is 99.6 cm³/mol. The van der Waals surface area contributed by atoms with Crippen molar-refractivity contribution in [1.29, 1.82) is 0 Å². The zero-order valence-electron chi connectivity index (χ0n) is 14.4. The number of benzene rings is 2. The minimum absolute atomic E-state index is 0.379. The maximum absolute atomic E-state index is 12.6. The molecule has 0 radical (unpaired) electrons. The molecule has 0 saturated carbocycles. The standard InChI is InChI=1S/C19H22BrNO3/c1-19(2,3)24-18(22)21(13-14-5-7-15(20)8-6-14)16-9-11-17(23-4)12-10-16/h5-12H,13H2,1-4H3. The first-order chi connectivity index (χ1) is 11.3. The van der Waals surface area contributed by atoms with Crippen LogP contribution in [0.2, 0.25) is 0 Å². The average Bonchev–Trinajstić information content (AvgIpc) is 2.53. The van der Waals surface area contributed by atoms with E-state index in [2.05, 4.69) is 15.9 Å². The molecule has 0 bridgehead atoms. The second-order valence-corrected chi connectivity index (χ2v) is 7.31. The van der Waals surface area contributed by atoms with Crippen LogP contribution >= 0.6 is 15.9 Å². The molecule has 2 aromatic carbocycles. The quantitative estimate of drug-likeness (QED) is 0.700. The van der Waals surface area contributed by atoms with Crippen molar-refractivity contribution in [3.8, 4) is 5.75 Å². The molecule has 2 rings (SSSR count). The van der Waals surface area contributed by atoms with E-state index in [0.717, 1.165) is 21.5 Å². The molecule has 128 valence electrons. The predicted octanol–water partition coefficient (Wildman–Crippen LogP) is 5.40. The lowest BCUT2D eigenvalue weighted by molar-refractivity contribution is 0.0577. The molecule has 0 fully saturated rings. The number of halogens is 1. The summed E-state index contributed by atoms with van der Waals surface area (Å²) in [6.07, 6.45) is -0.379. The van der Waals surface area contributed by atoms with Gasteiger partial charge < -0.3 is 9.47 Å². The Kier molecular flexibility index (Phi) is 5.89. The van der Waals surface area contributed by atoms with Gasteiger partial charge in [0.1, 0.15) is 11.4 Å². The van der Waals surface area contributed by atoms with Crippen LogP contribution in [0.4, 0.5) is 10.5 Å². The van der Waals surface area contributed by atoms with Crippen LogP contribution < -0.4 is 9.64 Å². The summed E-state index contributed by atoms with van der Waals surface area (Å²) in [4.78, 5) is 14.3. The van der Waals surface area contributed by atoms with Crippen molar-refractivity contribution in [3.63, 3.8) is 0 Å². The number of carbonyl (C=O) groups excluding carboxylic acids is 1. The summed E-state index contributed by atoms with van der Waals surface area (Å²) in [6, 6.07) is 15.2. The molecule has 0 spiro atoms. The van der Waals surface area contributed by atoms with E-state index >= 15 is 0 Å². The van der Waals surface area contributed by atoms with E-state index < -0.39 is 5.60 Å². The Morgan fingerprint density at radius 2 is 1.62 bits per heavy atom. The fourth-order valence-electron chi connectivity index (χ4n) is 2.11. The molecule has 0 N–H and O–H groups in total. The molecule has 0 aromatic heterocycles. The minimum atomic E-state index is -0.554. The first-order valence-corrected chi connectivity index (χ1v) is 8.47. The molecule has 1 amide bonds. The Morgan fingerprint density at radius 3 is 2.12 bits per heavy atom. The molecule has 0 aliphatic heterocycles. The van der Waals surface area contributed by atoms with Crippen molar-refractivity contribution < 1.29 is 14.3 Å². The highest BCUT2D eigenvalue weighted by Crippen LogP contribution is 2.24. The molecule has 4 nitrogen and oxygen atoms in total. The number of nitrogens with zero attached hydrogens (tertiary/aromatic N) is 1. The fraction of sp³-hybridized carbons (Fsp3) is 0.316. The highest BCUT2D eigenvalue weighted by molar-refractivity contribution is 9.10. The second kappa shape index (κ2) is 7.71. The third kappa shape index (κ3) is 5.27. The number of ether oxygens (including phenoxy) is 2. The number of hydrogen-bond donors (Lipinski definition) is 0. The van der Waals surface area contributed by atoms with Crippen LogP contribution in [0.15, 0.2) is 53.0 Å². The van der Waals surface area contributed by atoms with Gasteiger partial charge in [0, 0.05) is 10.2 Å². The summed E-state index contributed by atoms with van der Waals surface area (Å²) in [7, 11) is 1.61. The van der Waals surface area contributed by atoms with Crippen LogP contribution in [0, 0.1) is 0 Å². The largest absolute Gasteiger partial charge is 0.497 e. The van der Waals surface area contributed by atoms with Gasteiger partial charge >= 0.3 is 6.09 Å². The normalized spacial score (nSPS) is 11.0. The molecule has 5 heteroatoms. The molecule has 0 saturated heterocycles. The maximum Gasteiger partial charge on any atom is 0.415 e. The highest BCUT2D eigenvalue weighted by Gasteiger charge is 2.23. The molecule has 0 atom stereocenters. The Labute approximate surface area is 151 Å². The summed E-state index contributed by atoms with van der Waals surface area (Å²) < 4.78 is 11.7. The number of carbonyl (C=O) groups is 1. The zero-order valence-corrected chi connectivity index (χ0v) is 16.0. The Morgan fingerprint density at radius 1 is 1.04 bits per heavy atom. The zero-order chi connectivity index (χ0) is 17.7. The molecule has 0 unspecified atom stereocenters. The summed E-state index contributed by atoms with van der Waals surface area (Å²) >= 11 is 3.42. The first-order valence-electron chi connectivity index (χ1n) is 7.67. The van der Waals surface area contributed by atoms with Crippen molar-refractivity contribution in [2.24, 2.45) is 0 Å². The monoisotopic (exact) mass is 391 g/mol. The fourth-order valence-corrected chi connectivity index (χ4v) is 2.38. The lowest BCUT2D eigenvalue weighted by atomic mass is 10.2. The number of anilines is 1. The summed E-state index contributed by atoms with van der Waals surface area (Å²) in [6.45, 7) is 6.00. The first kappa shape index (κ1) is 18.3. The van der Waals surface area contributed by atoms with Gasteiger partial charge in [0.15, 0.2) is 0 Å². The summed E-state index contributed by atoms with van der Waals surface area (Å²) in [5.74, 6) is 0.742. The van der Waals surface area contributed by atoms with Crippen molar-refractivity contribution in [2.75, 3.05) is 12.0 Å². The molecule has 0 aliphatic carbocycles. The summed E-state index contributed by atoms with van der Waals surface area (Å²) in [5.41, 5.74) is 1.22. The number of hydrogen-bond acceptors (Lipinski definition) is 3. The molecule has 0 aliphatic rings. The molecule has 2 aromatic rings. The van der Waals surface area contributed by atoms with E-state index in [0.29, 0.717) is 6.54 Å². The van der Waals surface area contributed by atoms with Crippen LogP contribution in [0.5, 0.6) is 5.75 Å². The lowest BCUT2D eigenvalue weighted by Gasteiger charge is -2.27. The van der Waals surface area contributed by atoms with Gasteiger partial charge in [-0.25, -0.2) is 4.79 Å². The molecular formula is C19H22BrNO3. The van der Waals surface area contributed by atoms with E-state index in [1.165, 1.54) is 0 Å². The number of methoxy groups -OCH3 is 1. The third-order valence-corrected chi connectivity index (χ3v) is 3.78. The van der Waals surface area contributed by atoms with Crippen molar-refractivity contribution in [1.82, 2.24) is 0 Å². The van der Waals surface area contributed by atoms with Gasteiger partial charge in [0.2, 0.25) is 0 Å². The molecule has 0 heterocycles. The van der Waals surface area contributed by atoms with Gasteiger partial charge in [-0.1, -0.05) is 28.1 Å². The van der Waals surface area contributed by atoms with E-state index in [4.69, 9.17) is 9.47 Å². The van der Waals surface area contributed by atoms with E-state index in [9.17, 15) is 4.79 Å². The van der Waals surface area contributed by atoms with Gasteiger partial charge in [-0.2, -0.15) is 0 Å². The van der Waals surface area contributed by atoms with Crippen molar-refractivity contribution >= 4 is 27.7 Å². The SMILES string of the molecule is COc1ccc(N(Cc2ccc(Br)cc2)C(=O)OC(C)(C)C)cc1. The highest BCUT2D eigenvalue weighted by atomic mass is 79.9. The topological polar surface area (TPSA) is 38.8 Å². The number of rotatable bonds is 4. The van der Waals surface area contributed by atoms with Gasteiger partial charge in [-0.3, -0.25) is 4.90 Å². The van der Waals surface area contributed by atoms with Crippen LogP contribution in [-0.2, 0) is 11.3 Å². The summed E-state index contributed by atoms with van der Waals surface area (Å²) in [5, 5.41) is 0. The lowest BCUT2D eigenvalue weighted by Crippen LogP contribution is -2.36. The van der Waals surface area contributed by atoms with Crippen LogP contribution in [0.3, 0.4) is 0 Å². The second-order valence-electron chi connectivity index (χ2n) is 6.39. The number of amides is 1. The average molecular weight is 392 g/mol. The van der Waals surface area contributed by atoms with Crippen molar-refractivity contribution in [2.45, 2.75) is 32.9 Å². The Balaban J connectivity index is 2.28. The van der Waals surface area contributed by atoms with Crippen molar-refractivity contribution in [3.05, 3.63) is 58.6 Å². The van der Waals surface area contributed by atoms with Gasteiger partial charge in [-0.05, 0) is 62.7 Å². The van der Waals surface area contributed by atoms with Gasteiger partial charge in [-0.15, -0.1) is 0 Å². The van der Waals surface area contributed by atoms with E-state index in [1.807, 2.05) is 69.3 Å². The Hall–Kier alpha value is -2.01. The van der Waals surface area contributed by atoms with Crippen LogP contribution in [0.1, 0.15) is 26.3 Å². The van der Waals surface area contributed by atoms with E-state index in [-0.39, 0.29) is 6.09 Å². The molecule has 24 heavy (non-hydrogen) atoms. The molecular weight excluding hydrogens is 370 g/mol. The minimum Gasteiger partial charge on any atom is -0.497 e. The maximum atomic E-state index is 12.6. The van der Waals surface area contributed by atoms with Gasteiger partial charge in [0.25, 0.3) is 0 Å². The van der Waals surface area contributed by atoms with Crippen LogP contribution in [-0.4, -0.2) is 18.8 Å².